The molecule has 1 amide bonds. The highest BCUT2D eigenvalue weighted by Crippen LogP contribution is 2.38. The Bertz CT molecular complexity index is 1080. The van der Waals surface area contributed by atoms with E-state index in [2.05, 4.69) is 20.8 Å². The van der Waals surface area contributed by atoms with E-state index in [1.54, 1.807) is 11.8 Å². The first-order valence-corrected chi connectivity index (χ1v) is 10.5. The van der Waals surface area contributed by atoms with Crippen molar-refractivity contribution in [2.24, 2.45) is 5.73 Å². The standard InChI is InChI=1S/C19H15F5N4S.CH3NO/c20-14-8-11(7-12-3-1-4-13(16(12)21)19(22,23)24)9-25-18(14)28-10-26-17(27-28)15-5-2-6-29-15;2-1-3/h1,3-4,8-10,15H,2,5-7H2;1H,(H2,2,3). The molecule has 4 rings (SSSR count). The van der Waals surface area contributed by atoms with Crippen LogP contribution in [0.15, 0.2) is 36.8 Å². The van der Waals surface area contributed by atoms with Crippen LogP contribution in [0, 0.1) is 11.6 Å². The lowest BCUT2D eigenvalue weighted by Crippen LogP contribution is -2.10. The van der Waals surface area contributed by atoms with E-state index in [0.717, 1.165) is 30.7 Å². The van der Waals surface area contributed by atoms with Crippen LogP contribution < -0.4 is 5.73 Å². The minimum absolute atomic E-state index is 0.0694. The molecule has 0 bridgehead atoms. The average Bonchev–Trinajstić information content (AvgIpc) is 3.41. The fourth-order valence-corrected chi connectivity index (χ4v) is 4.41. The first kappa shape index (κ1) is 23.6. The Morgan fingerprint density at radius 3 is 2.62 bits per heavy atom. The summed E-state index contributed by atoms with van der Waals surface area (Å²) in [6.07, 6.45) is -0.0456. The van der Waals surface area contributed by atoms with E-state index >= 15 is 0 Å². The Morgan fingerprint density at radius 2 is 2.00 bits per heavy atom. The summed E-state index contributed by atoms with van der Waals surface area (Å²) < 4.78 is 68.6. The van der Waals surface area contributed by atoms with Crippen LogP contribution in [-0.2, 0) is 17.4 Å². The van der Waals surface area contributed by atoms with Crippen molar-refractivity contribution in [3.8, 4) is 5.82 Å². The zero-order valence-electron chi connectivity index (χ0n) is 16.5. The molecule has 0 spiro atoms. The molecule has 1 atom stereocenters. The SMILES string of the molecule is Fc1cc(Cc2cccc(C(F)(F)F)c2F)cnc1-n1cnc(C2CCCS2)n1.NC=O. The third-order valence-corrected chi connectivity index (χ3v) is 5.97. The van der Waals surface area contributed by atoms with Crippen molar-refractivity contribution in [3.63, 3.8) is 0 Å². The van der Waals surface area contributed by atoms with Crippen molar-refractivity contribution in [1.82, 2.24) is 19.7 Å². The molecule has 0 aliphatic carbocycles. The van der Waals surface area contributed by atoms with Gasteiger partial charge in [-0.25, -0.2) is 18.7 Å². The Hall–Kier alpha value is -3.02. The number of hydrogen-bond acceptors (Lipinski definition) is 5. The van der Waals surface area contributed by atoms with Crippen LogP contribution in [0.25, 0.3) is 5.82 Å². The number of primary amides is 1. The number of aromatic nitrogens is 4. The highest BCUT2D eigenvalue weighted by atomic mass is 32.2. The van der Waals surface area contributed by atoms with Crippen molar-refractivity contribution in [2.45, 2.75) is 30.7 Å². The van der Waals surface area contributed by atoms with Gasteiger partial charge in [-0.2, -0.15) is 29.6 Å². The molecule has 12 heteroatoms. The first-order valence-electron chi connectivity index (χ1n) is 9.42. The highest BCUT2D eigenvalue weighted by Gasteiger charge is 2.34. The smallest absolute Gasteiger partial charge is 0.372 e. The van der Waals surface area contributed by atoms with Crippen molar-refractivity contribution in [2.75, 3.05) is 5.75 Å². The fourth-order valence-electron chi connectivity index (χ4n) is 3.20. The summed E-state index contributed by atoms with van der Waals surface area (Å²) in [4.78, 5) is 16.8. The summed E-state index contributed by atoms with van der Waals surface area (Å²) in [7, 11) is 0. The van der Waals surface area contributed by atoms with E-state index in [4.69, 9.17) is 4.79 Å². The zero-order chi connectivity index (χ0) is 23.3. The molecule has 170 valence electrons. The molecule has 1 aliphatic heterocycles. The zero-order valence-corrected chi connectivity index (χ0v) is 17.3. The molecule has 2 aromatic heterocycles. The quantitative estimate of drug-likeness (QED) is 0.455. The number of rotatable bonds is 4. The van der Waals surface area contributed by atoms with Crippen LogP contribution in [0.2, 0.25) is 0 Å². The summed E-state index contributed by atoms with van der Waals surface area (Å²) in [6.45, 7) is 0. The van der Waals surface area contributed by atoms with Gasteiger partial charge in [-0.05, 0) is 41.9 Å². The number of carbonyl (C=O) groups excluding carboxylic acids is 1. The van der Waals surface area contributed by atoms with Gasteiger partial charge in [0.2, 0.25) is 6.41 Å². The number of hydrogen-bond donors (Lipinski definition) is 1. The monoisotopic (exact) mass is 471 g/mol. The Balaban J connectivity index is 0.000000913. The van der Waals surface area contributed by atoms with E-state index in [9.17, 15) is 22.0 Å². The third-order valence-electron chi connectivity index (χ3n) is 4.60. The molecule has 1 unspecified atom stereocenters. The number of benzene rings is 1. The molecule has 1 saturated heterocycles. The first-order chi connectivity index (χ1) is 15.2. The number of nitrogens with two attached hydrogens (primary N) is 1. The number of amides is 1. The van der Waals surface area contributed by atoms with Crippen LogP contribution in [0.3, 0.4) is 0 Å². The maximum Gasteiger partial charge on any atom is 0.419 e. The van der Waals surface area contributed by atoms with Gasteiger partial charge in [-0.1, -0.05) is 12.1 Å². The van der Waals surface area contributed by atoms with Gasteiger partial charge in [-0.3, -0.25) is 4.79 Å². The largest absolute Gasteiger partial charge is 0.419 e. The van der Waals surface area contributed by atoms with Gasteiger partial charge in [0, 0.05) is 12.6 Å². The number of pyridine rings is 1. The molecule has 0 saturated carbocycles. The van der Waals surface area contributed by atoms with Crippen molar-refractivity contribution < 1.29 is 26.7 Å². The second-order valence-electron chi connectivity index (χ2n) is 6.79. The maximum absolute atomic E-state index is 14.6. The lowest BCUT2D eigenvalue weighted by Gasteiger charge is -2.11. The Kier molecular flexibility index (Phi) is 7.44. The molecule has 0 radical (unpaired) electrons. The van der Waals surface area contributed by atoms with Crippen molar-refractivity contribution in [3.05, 3.63) is 70.9 Å². The van der Waals surface area contributed by atoms with E-state index in [1.807, 2.05) is 0 Å². The Labute approximate surface area is 184 Å². The summed E-state index contributed by atoms with van der Waals surface area (Å²) >= 11 is 1.75. The van der Waals surface area contributed by atoms with Gasteiger partial charge in [-0.15, -0.1) is 5.10 Å². The molecule has 1 fully saturated rings. The minimum Gasteiger partial charge on any atom is -0.372 e. The number of thioether (sulfide) groups is 1. The minimum atomic E-state index is -4.80. The van der Waals surface area contributed by atoms with Gasteiger partial charge in [0.15, 0.2) is 17.5 Å². The van der Waals surface area contributed by atoms with E-state index in [0.29, 0.717) is 11.9 Å². The van der Waals surface area contributed by atoms with Gasteiger partial charge in [0.25, 0.3) is 0 Å². The number of alkyl halides is 3. The van der Waals surface area contributed by atoms with E-state index in [-0.39, 0.29) is 35.0 Å². The number of halogens is 5. The molecular formula is C20H18F5N5OS. The summed E-state index contributed by atoms with van der Waals surface area (Å²) in [5.41, 5.74) is 2.88. The Morgan fingerprint density at radius 1 is 1.25 bits per heavy atom. The maximum atomic E-state index is 14.6. The van der Waals surface area contributed by atoms with Gasteiger partial charge < -0.3 is 5.73 Å². The topological polar surface area (TPSA) is 86.7 Å². The average molecular weight is 471 g/mol. The molecular weight excluding hydrogens is 453 g/mol. The van der Waals surface area contributed by atoms with E-state index in [1.165, 1.54) is 23.3 Å². The summed E-state index contributed by atoms with van der Waals surface area (Å²) in [5, 5.41) is 4.47. The fraction of sp³-hybridized carbons (Fsp3) is 0.300. The molecule has 2 N–H and O–H groups in total. The molecule has 3 heterocycles. The molecule has 3 aromatic rings. The predicted molar refractivity (Wildman–Crippen MR) is 108 cm³/mol. The third kappa shape index (κ3) is 5.42. The van der Waals surface area contributed by atoms with Crippen molar-refractivity contribution in [1.29, 1.82) is 0 Å². The van der Waals surface area contributed by atoms with Crippen LogP contribution in [-0.4, -0.2) is 31.9 Å². The lowest BCUT2D eigenvalue weighted by molar-refractivity contribution is -0.140. The molecule has 1 aliphatic rings. The van der Waals surface area contributed by atoms with Crippen LogP contribution >= 0.6 is 11.8 Å². The number of nitrogens with zero attached hydrogens (tertiary/aromatic N) is 4. The van der Waals surface area contributed by atoms with Gasteiger partial charge in [0.05, 0.1) is 10.8 Å². The predicted octanol–water partition coefficient (Wildman–Crippen LogP) is 4.22. The van der Waals surface area contributed by atoms with Crippen molar-refractivity contribution >= 4 is 18.2 Å². The van der Waals surface area contributed by atoms with Crippen LogP contribution in [0.1, 0.15) is 40.6 Å². The van der Waals surface area contributed by atoms with Crippen LogP contribution in [0.4, 0.5) is 22.0 Å². The number of carbonyl (C=O) groups is 1. The summed E-state index contributed by atoms with van der Waals surface area (Å²) in [5.74, 6) is -0.499. The second-order valence-corrected chi connectivity index (χ2v) is 8.10. The molecule has 6 nitrogen and oxygen atoms in total. The highest BCUT2D eigenvalue weighted by molar-refractivity contribution is 7.99. The molecule has 32 heavy (non-hydrogen) atoms. The van der Waals surface area contributed by atoms with Crippen LogP contribution in [0.5, 0.6) is 0 Å². The van der Waals surface area contributed by atoms with E-state index < -0.39 is 23.4 Å². The normalized spacial score (nSPS) is 15.8. The van der Waals surface area contributed by atoms with Gasteiger partial charge in [0.1, 0.15) is 12.1 Å². The lowest BCUT2D eigenvalue weighted by atomic mass is 10.0. The molecule has 1 aromatic carbocycles. The summed E-state index contributed by atoms with van der Waals surface area (Å²) in [6, 6.07) is 4.15. The van der Waals surface area contributed by atoms with Gasteiger partial charge >= 0.3 is 6.18 Å². The second kappa shape index (κ2) is 10.1.